The zero-order chi connectivity index (χ0) is 7.56. The molecule has 0 fully saturated rings. The van der Waals surface area contributed by atoms with Crippen LogP contribution in [-0.4, -0.2) is 16.9 Å². The predicted molar refractivity (Wildman–Crippen MR) is 48.7 cm³/mol. The molecule has 0 bridgehead atoms. The summed E-state index contributed by atoms with van der Waals surface area (Å²) < 4.78 is 0. The first-order chi connectivity index (χ1) is 4.74. The molecule has 0 aromatic heterocycles. The van der Waals surface area contributed by atoms with Crippen molar-refractivity contribution >= 4 is 40.1 Å². The number of hydrogen-bond donors (Lipinski definition) is 0. The molecular formula is C7H7AsCl2. The molecule has 0 aliphatic rings. The summed E-state index contributed by atoms with van der Waals surface area (Å²) in [6.45, 7) is 0. The summed E-state index contributed by atoms with van der Waals surface area (Å²) in [4.78, 5) is 0. The van der Waals surface area contributed by atoms with Crippen LogP contribution in [0.1, 0.15) is 5.56 Å². The maximum absolute atomic E-state index is 5.77. The van der Waals surface area contributed by atoms with E-state index in [9.17, 15) is 0 Å². The molecule has 54 valence electrons. The third kappa shape index (κ3) is 1.92. The van der Waals surface area contributed by atoms with Crippen LogP contribution < -0.4 is 0 Å². The Kier molecular flexibility index (Phi) is 3.10. The average Bonchev–Trinajstić information content (AvgIpc) is 1.95. The second-order valence-electron chi connectivity index (χ2n) is 1.95. The van der Waals surface area contributed by atoms with Gasteiger partial charge in [0.05, 0.1) is 0 Å². The van der Waals surface area contributed by atoms with Crippen molar-refractivity contribution in [1.82, 2.24) is 0 Å². The van der Waals surface area contributed by atoms with E-state index in [1.165, 1.54) is 5.56 Å². The van der Waals surface area contributed by atoms with Crippen LogP contribution in [0.3, 0.4) is 0 Å². The molecule has 0 aliphatic heterocycles. The van der Waals surface area contributed by atoms with Crippen molar-refractivity contribution in [2.24, 2.45) is 0 Å². The molecule has 3 heteroatoms. The molecular weight excluding hydrogens is 230 g/mol. The van der Waals surface area contributed by atoms with Crippen LogP contribution in [0.15, 0.2) is 18.2 Å². The number of benzene rings is 1. The Morgan fingerprint density at radius 3 is 2.40 bits per heavy atom. The molecule has 1 aromatic carbocycles. The summed E-state index contributed by atoms with van der Waals surface area (Å²) in [6, 6.07) is 5.74. The van der Waals surface area contributed by atoms with Crippen LogP contribution in [0, 0.1) is 0 Å². The van der Waals surface area contributed by atoms with Gasteiger partial charge in [0.15, 0.2) is 0 Å². The summed E-state index contributed by atoms with van der Waals surface area (Å²) in [5, 5.41) is 2.34. The summed E-state index contributed by atoms with van der Waals surface area (Å²) in [7, 11) is 0. The maximum atomic E-state index is 5.77. The van der Waals surface area contributed by atoms with Crippen molar-refractivity contribution in [3.63, 3.8) is 0 Å². The molecule has 0 heterocycles. The average molecular weight is 237 g/mol. The molecule has 1 unspecified atom stereocenters. The first-order valence-electron chi connectivity index (χ1n) is 2.88. The van der Waals surface area contributed by atoms with Crippen molar-refractivity contribution in [3.05, 3.63) is 33.8 Å². The van der Waals surface area contributed by atoms with Crippen molar-refractivity contribution in [2.75, 3.05) is 0 Å². The fourth-order valence-electron chi connectivity index (χ4n) is 0.667. The van der Waals surface area contributed by atoms with Gasteiger partial charge in [-0.3, -0.25) is 0 Å². The van der Waals surface area contributed by atoms with Gasteiger partial charge >= 0.3 is 79.1 Å². The van der Waals surface area contributed by atoms with Gasteiger partial charge in [-0.15, -0.1) is 0 Å². The van der Waals surface area contributed by atoms with E-state index in [0.29, 0.717) is 10.0 Å². The number of halogens is 2. The van der Waals surface area contributed by atoms with Gasteiger partial charge in [0.2, 0.25) is 0 Å². The van der Waals surface area contributed by atoms with Gasteiger partial charge in [-0.2, -0.15) is 0 Å². The van der Waals surface area contributed by atoms with E-state index >= 15 is 0 Å². The third-order valence-corrected chi connectivity index (χ3v) is 2.95. The van der Waals surface area contributed by atoms with Crippen molar-refractivity contribution in [1.29, 1.82) is 0 Å². The van der Waals surface area contributed by atoms with E-state index < -0.39 is 0 Å². The summed E-state index contributed by atoms with van der Waals surface area (Å²) in [6.07, 6.45) is 0. The summed E-state index contributed by atoms with van der Waals surface area (Å²) >= 11 is 13.2. The standard InChI is InChI=1S/C7H7AsCl2/c8-4-5-1-2-6(9)7(10)3-5/h1-3H,4,8H2. The second-order valence-corrected chi connectivity index (χ2v) is 3.62. The minimum atomic E-state index is 0.631. The van der Waals surface area contributed by atoms with E-state index in [2.05, 4.69) is 0 Å². The van der Waals surface area contributed by atoms with Crippen molar-refractivity contribution in [2.45, 2.75) is 5.21 Å². The van der Waals surface area contributed by atoms with Gasteiger partial charge in [-0.05, 0) is 0 Å². The van der Waals surface area contributed by atoms with Crippen LogP contribution >= 0.6 is 23.2 Å². The van der Waals surface area contributed by atoms with E-state index in [0.717, 1.165) is 5.21 Å². The quantitative estimate of drug-likeness (QED) is 0.656. The predicted octanol–water partition coefficient (Wildman–Crippen LogP) is 2.13. The van der Waals surface area contributed by atoms with Gasteiger partial charge in [0.25, 0.3) is 0 Å². The monoisotopic (exact) mass is 236 g/mol. The third-order valence-electron chi connectivity index (χ3n) is 1.22. The molecule has 10 heavy (non-hydrogen) atoms. The van der Waals surface area contributed by atoms with Gasteiger partial charge in [-0.25, -0.2) is 0 Å². The zero-order valence-corrected chi connectivity index (χ0v) is 9.21. The van der Waals surface area contributed by atoms with Gasteiger partial charge in [-0.1, -0.05) is 0 Å². The molecule has 0 radical (unpaired) electrons. The van der Waals surface area contributed by atoms with Crippen LogP contribution in [0.2, 0.25) is 10.0 Å². The van der Waals surface area contributed by atoms with Crippen molar-refractivity contribution in [3.8, 4) is 0 Å². The molecule has 0 saturated heterocycles. The SMILES string of the molecule is Clc1ccc(C[AsH2])cc1Cl. The fraction of sp³-hybridized carbons (Fsp3) is 0.143. The molecule has 0 saturated carbocycles. The van der Waals surface area contributed by atoms with Gasteiger partial charge < -0.3 is 0 Å². The summed E-state index contributed by atoms with van der Waals surface area (Å²) in [5.41, 5.74) is 1.24. The van der Waals surface area contributed by atoms with E-state index in [4.69, 9.17) is 23.2 Å². The Bertz CT molecular complexity index is 235. The van der Waals surface area contributed by atoms with Crippen LogP contribution in [-0.2, 0) is 5.21 Å². The Morgan fingerprint density at radius 1 is 1.20 bits per heavy atom. The first-order valence-corrected chi connectivity index (χ1v) is 5.35. The topological polar surface area (TPSA) is 0 Å². The van der Waals surface area contributed by atoms with E-state index in [1.54, 1.807) is 16.9 Å². The first kappa shape index (κ1) is 8.45. The molecule has 0 amide bonds. The molecule has 0 spiro atoms. The summed E-state index contributed by atoms with van der Waals surface area (Å²) in [5.74, 6) is 0. The number of rotatable bonds is 1. The van der Waals surface area contributed by atoms with E-state index in [-0.39, 0.29) is 0 Å². The molecule has 1 rings (SSSR count). The van der Waals surface area contributed by atoms with Crippen LogP contribution in [0.4, 0.5) is 0 Å². The Labute approximate surface area is 79.0 Å². The fourth-order valence-corrected chi connectivity index (χ4v) is 1.52. The minimum absolute atomic E-state index is 0.631. The molecule has 0 N–H and O–H groups in total. The Hall–Kier alpha value is 0.358. The van der Waals surface area contributed by atoms with Crippen LogP contribution in [0.25, 0.3) is 0 Å². The molecule has 1 aromatic rings. The Balaban J connectivity index is 3.04. The Morgan fingerprint density at radius 2 is 1.90 bits per heavy atom. The van der Waals surface area contributed by atoms with Gasteiger partial charge in [0.1, 0.15) is 0 Å². The number of hydrogen-bond acceptors (Lipinski definition) is 0. The van der Waals surface area contributed by atoms with Crippen LogP contribution in [0.5, 0.6) is 0 Å². The molecule has 1 atom stereocenters. The van der Waals surface area contributed by atoms with Crippen molar-refractivity contribution < 1.29 is 0 Å². The molecule has 0 nitrogen and oxygen atoms in total. The normalized spacial score (nSPS) is 9.90. The second kappa shape index (κ2) is 3.66. The van der Waals surface area contributed by atoms with E-state index in [1.807, 2.05) is 18.2 Å². The molecule has 0 aliphatic carbocycles. The zero-order valence-electron chi connectivity index (χ0n) is 5.27. The van der Waals surface area contributed by atoms with Gasteiger partial charge in [0, 0.05) is 0 Å².